The monoisotopic (exact) mass is 271 g/mol. The SMILES string of the molecule is Nc1ccc(C(=O)NNC(=O)c2ccccc2)c(O)c1. The summed E-state index contributed by atoms with van der Waals surface area (Å²) < 4.78 is 0. The number of hydrazine groups is 1. The van der Waals surface area contributed by atoms with Crippen molar-refractivity contribution in [1.82, 2.24) is 10.9 Å². The molecule has 6 heteroatoms. The molecule has 20 heavy (non-hydrogen) atoms. The Balaban J connectivity index is 2.00. The molecule has 0 aliphatic heterocycles. The number of aromatic hydroxyl groups is 1. The molecule has 0 atom stereocenters. The Morgan fingerprint density at radius 2 is 1.60 bits per heavy atom. The average Bonchev–Trinajstić information content (AvgIpc) is 2.45. The van der Waals surface area contributed by atoms with Crippen molar-refractivity contribution in [3.63, 3.8) is 0 Å². The number of carbonyl (C=O) groups is 2. The van der Waals surface area contributed by atoms with Crippen molar-refractivity contribution in [3.05, 3.63) is 59.7 Å². The summed E-state index contributed by atoms with van der Waals surface area (Å²) in [7, 11) is 0. The van der Waals surface area contributed by atoms with E-state index in [1.807, 2.05) is 0 Å². The molecule has 0 unspecified atom stereocenters. The van der Waals surface area contributed by atoms with Gasteiger partial charge in [0.15, 0.2) is 0 Å². The van der Waals surface area contributed by atoms with E-state index >= 15 is 0 Å². The van der Waals surface area contributed by atoms with Crippen LogP contribution in [-0.2, 0) is 0 Å². The molecule has 2 rings (SSSR count). The number of hydrogen-bond acceptors (Lipinski definition) is 4. The van der Waals surface area contributed by atoms with Crippen LogP contribution in [-0.4, -0.2) is 16.9 Å². The Labute approximate surface area is 115 Å². The lowest BCUT2D eigenvalue weighted by Crippen LogP contribution is -2.41. The van der Waals surface area contributed by atoms with Gasteiger partial charge in [0, 0.05) is 17.3 Å². The Kier molecular flexibility index (Phi) is 3.85. The Hall–Kier alpha value is -3.02. The molecular weight excluding hydrogens is 258 g/mol. The van der Waals surface area contributed by atoms with E-state index in [1.54, 1.807) is 30.3 Å². The standard InChI is InChI=1S/C14H13N3O3/c15-10-6-7-11(12(18)8-10)14(20)17-16-13(19)9-4-2-1-3-5-9/h1-8,18H,15H2,(H,16,19)(H,17,20). The summed E-state index contributed by atoms with van der Waals surface area (Å²) in [5.41, 5.74) is 10.7. The molecule has 2 aromatic rings. The number of nitrogens with one attached hydrogen (secondary N) is 2. The summed E-state index contributed by atoms with van der Waals surface area (Å²) >= 11 is 0. The first-order valence-electron chi connectivity index (χ1n) is 5.82. The van der Waals surface area contributed by atoms with Crippen LogP contribution in [0.3, 0.4) is 0 Å². The fraction of sp³-hybridized carbons (Fsp3) is 0. The molecule has 6 nitrogen and oxygen atoms in total. The van der Waals surface area contributed by atoms with Crippen LogP contribution in [0.5, 0.6) is 5.75 Å². The van der Waals surface area contributed by atoms with Crippen LogP contribution in [0.4, 0.5) is 5.69 Å². The van der Waals surface area contributed by atoms with Crippen molar-refractivity contribution < 1.29 is 14.7 Å². The number of benzene rings is 2. The van der Waals surface area contributed by atoms with Gasteiger partial charge in [0.25, 0.3) is 11.8 Å². The summed E-state index contributed by atoms with van der Waals surface area (Å²) in [5.74, 6) is -1.34. The minimum Gasteiger partial charge on any atom is -0.507 e. The van der Waals surface area contributed by atoms with Crippen LogP contribution in [0.2, 0.25) is 0 Å². The van der Waals surface area contributed by atoms with Gasteiger partial charge in [-0.25, -0.2) is 0 Å². The molecule has 0 spiro atoms. The van der Waals surface area contributed by atoms with Gasteiger partial charge in [-0.3, -0.25) is 20.4 Å². The molecule has 0 bridgehead atoms. The van der Waals surface area contributed by atoms with Crippen LogP contribution in [0.25, 0.3) is 0 Å². The Morgan fingerprint density at radius 3 is 2.25 bits per heavy atom. The number of phenolic OH excluding ortho intramolecular Hbond substituents is 1. The number of nitrogen functional groups attached to an aromatic ring is 1. The van der Waals surface area contributed by atoms with E-state index in [-0.39, 0.29) is 11.3 Å². The molecule has 0 aromatic heterocycles. The van der Waals surface area contributed by atoms with Gasteiger partial charge in [-0.2, -0.15) is 0 Å². The van der Waals surface area contributed by atoms with Crippen LogP contribution < -0.4 is 16.6 Å². The molecule has 0 saturated carbocycles. The number of anilines is 1. The first-order valence-corrected chi connectivity index (χ1v) is 5.82. The smallest absolute Gasteiger partial charge is 0.273 e. The lowest BCUT2D eigenvalue weighted by atomic mass is 10.2. The van der Waals surface area contributed by atoms with E-state index in [9.17, 15) is 14.7 Å². The number of phenols is 1. The number of nitrogens with two attached hydrogens (primary N) is 1. The fourth-order valence-electron chi connectivity index (χ4n) is 1.58. The molecule has 0 radical (unpaired) electrons. The maximum atomic E-state index is 11.8. The fourth-order valence-corrected chi connectivity index (χ4v) is 1.58. The predicted octanol–water partition coefficient (Wildman–Crippen LogP) is 1.05. The van der Waals surface area contributed by atoms with Gasteiger partial charge in [0.2, 0.25) is 0 Å². The summed E-state index contributed by atoms with van der Waals surface area (Å²) in [6.07, 6.45) is 0. The van der Waals surface area contributed by atoms with E-state index in [1.165, 1.54) is 18.2 Å². The highest BCUT2D eigenvalue weighted by Crippen LogP contribution is 2.19. The highest BCUT2D eigenvalue weighted by Gasteiger charge is 2.12. The average molecular weight is 271 g/mol. The van der Waals surface area contributed by atoms with Crippen molar-refractivity contribution in [3.8, 4) is 5.75 Å². The highest BCUT2D eigenvalue weighted by atomic mass is 16.3. The molecule has 0 saturated heterocycles. The topological polar surface area (TPSA) is 104 Å². The van der Waals surface area contributed by atoms with E-state index < -0.39 is 11.8 Å². The summed E-state index contributed by atoms with van der Waals surface area (Å²) in [4.78, 5) is 23.5. The third kappa shape index (κ3) is 3.05. The molecule has 0 aliphatic rings. The normalized spacial score (nSPS) is 9.80. The largest absolute Gasteiger partial charge is 0.507 e. The van der Waals surface area contributed by atoms with Crippen LogP contribution in [0.15, 0.2) is 48.5 Å². The second kappa shape index (κ2) is 5.75. The van der Waals surface area contributed by atoms with E-state index in [0.717, 1.165) is 0 Å². The van der Waals surface area contributed by atoms with Gasteiger partial charge in [0.1, 0.15) is 5.75 Å². The first kappa shape index (κ1) is 13.4. The molecule has 2 aromatic carbocycles. The van der Waals surface area contributed by atoms with Crippen molar-refractivity contribution in [2.75, 3.05) is 5.73 Å². The lowest BCUT2D eigenvalue weighted by molar-refractivity contribution is 0.0845. The minimum absolute atomic E-state index is 0.0209. The summed E-state index contributed by atoms with van der Waals surface area (Å²) in [6, 6.07) is 12.5. The lowest BCUT2D eigenvalue weighted by Gasteiger charge is -2.08. The summed E-state index contributed by atoms with van der Waals surface area (Å²) in [6.45, 7) is 0. The zero-order chi connectivity index (χ0) is 14.5. The third-order valence-electron chi connectivity index (χ3n) is 2.59. The molecule has 0 fully saturated rings. The Bertz CT molecular complexity index is 641. The molecule has 102 valence electrons. The maximum Gasteiger partial charge on any atom is 0.273 e. The molecule has 5 N–H and O–H groups in total. The molecular formula is C14H13N3O3. The second-order valence-corrected chi connectivity index (χ2v) is 4.05. The summed E-state index contributed by atoms with van der Waals surface area (Å²) in [5, 5.41) is 9.59. The minimum atomic E-state index is -0.633. The van der Waals surface area contributed by atoms with Gasteiger partial charge >= 0.3 is 0 Å². The number of hydrogen-bond donors (Lipinski definition) is 4. The highest BCUT2D eigenvalue weighted by molar-refractivity contribution is 6.00. The van der Waals surface area contributed by atoms with Crippen molar-refractivity contribution >= 4 is 17.5 Å². The van der Waals surface area contributed by atoms with Crippen LogP contribution >= 0.6 is 0 Å². The maximum absolute atomic E-state index is 11.8. The van der Waals surface area contributed by atoms with E-state index in [0.29, 0.717) is 11.3 Å². The zero-order valence-electron chi connectivity index (χ0n) is 10.5. The van der Waals surface area contributed by atoms with Gasteiger partial charge in [-0.15, -0.1) is 0 Å². The molecule has 0 aliphatic carbocycles. The third-order valence-corrected chi connectivity index (χ3v) is 2.59. The quantitative estimate of drug-likeness (QED) is 0.484. The Morgan fingerprint density at radius 1 is 0.950 bits per heavy atom. The van der Waals surface area contributed by atoms with E-state index in [2.05, 4.69) is 10.9 Å². The first-order chi connectivity index (χ1) is 9.58. The second-order valence-electron chi connectivity index (χ2n) is 4.05. The van der Waals surface area contributed by atoms with Gasteiger partial charge in [-0.1, -0.05) is 18.2 Å². The van der Waals surface area contributed by atoms with Gasteiger partial charge in [0.05, 0.1) is 5.56 Å². The molecule has 2 amide bonds. The van der Waals surface area contributed by atoms with Crippen LogP contribution in [0, 0.1) is 0 Å². The van der Waals surface area contributed by atoms with Crippen molar-refractivity contribution in [1.29, 1.82) is 0 Å². The van der Waals surface area contributed by atoms with Gasteiger partial charge < -0.3 is 10.8 Å². The van der Waals surface area contributed by atoms with Crippen LogP contribution in [0.1, 0.15) is 20.7 Å². The van der Waals surface area contributed by atoms with Crippen molar-refractivity contribution in [2.24, 2.45) is 0 Å². The number of carbonyl (C=O) groups excluding carboxylic acids is 2. The van der Waals surface area contributed by atoms with E-state index in [4.69, 9.17) is 5.73 Å². The zero-order valence-corrected chi connectivity index (χ0v) is 10.5. The van der Waals surface area contributed by atoms with Gasteiger partial charge in [-0.05, 0) is 24.3 Å². The predicted molar refractivity (Wildman–Crippen MR) is 73.9 cm³/mol. The molecule has 0 heterocycles. The number of rotatable bonds is 2. The van der Waals surface area contributed by atoms with Crippen molar-refractivity contribution in [2.45, 2.75) is 0 Å². The number of amides is 2.